The molecular formula is C18H28N2O2. The van der Waals surface area contributed by atoms with E-state index in [0.717, 1.165) is 31.6 Å². The van der Waals surface area contributed by atoms with Gasteiger partial charge >= 0.3 is 0 Å². The number of piperidine rings is 2. The van der Waals surface area contributed by atoms with Crippen LogP contribution in [0.3, 0.4) is 0 Å². The van der Waals surface area contributed by atoms with Crippen molar-refractivity contribution >= 4 is 11.8 Å². The van der Waals surface area contributed by atoms with E-state index in [1.165, 1.54) is 12.8 Å². The zero-order valence-electron chi connectivity index (χ0n) is 13.8. The lowest BCUT2D eigenvalue weighted by molar-refractivity contribution is -0.142. The second kappa shape index (κ2) is 4.72. The molecule has 0 aromatic carbocycles. The van der Waals surface area contributed by atoms with E-state index in [-0.39, 0.29) is 22.8 Å². The summed E-state index contributed by atoms with van der Waals surface area (Å²) in [5, 5.41) is 6.58. The maximum atomic E-state index is 11.9. The topological polar surface area (TPSA) is 58.2 Å². The predicted octanol–water partition coefficient (Wildman–Crippen LogP) is 2.38. The molecule has 22 heavy (non-hydrogen) atoms. The zero-order chi connectivity index (χ0) is 15.5. The van der Waals surface area contributed by atoms with Crippen LogP contribution in [0, 0.1) is 23.2 Å². The highest BCUT2D eigenvalue weighted by Crippen LogP contribution is 2.58. The lowest BCUT2D eigenvalue weighted by Crippen LogP contribution is -2.66. The summed E-state index contributed by atoms with van der Waals surface area (Å²) in [5.74, 6) is 2.53. The summed E-state index contributed by atoms with van der Waals surface area (Å²) in [6, 6.07) is 0.373. The van der Waals surface area contributed by atoms with Crippen molar-refractivity contribution in [3.05, 3.63) is 0 Å². The maximum absolute atomic E-state index is 11.9. The first-order chi connectivity index (χ1) is 10.4. The number of carbonyl (C=O) groups excluding carboxylic acids is 2. The molecule has 122 valence electrons. The molecule has 6 atom stereocenters. The molecule has 4 nitrogen and oxygen atoms in total. The standard InChI is InChI=1S/C18H28N2O2/c1-17-9-8-15(21)19-14(17)5-3-11-12(17)7-10-18(2)13(11)4-6-16(22)20-18/h11-14H,3-10H2,1-2H3,(H,19,21)(H,20,22). The van der Waals surface area contributed by atoms with Crippen LogP contribution < -0.4 is 10.6 Å². The highest BCUT2D eigenvalue weighted by atomic mass is 16.2. The van der Waals surface area contributed by atoms with Crippen LogP contribution in [-0.2, 0) is 9.59 Å². The second-order valence-electron chi connectivity index (χ2n) is 8.62. The minimum Gasteiger partial charge on any atom is -0.353 e. The summed E-state index contributed by atoms with van der Waals surface area (Å²) < 4.78 is 0. The molecule has 0 aromatic heterocycles. The molecule has 2 heterocycles. The fourth-order valence-corrected chi connectivity index (χ4v) is 6.38. The van der Waals surface area contributed by atoms with E-state index >= 15 is 0 Å². The summed E-state index contributed by atoms with van der Waals surface area (Å²) >= 11 is 0. The lowest BCUT2D eigenvalue weighted by Gasteiger charge is -2.61. The van der Waals surface area contributed by atoms with Gasteiger partial charge in [-0.2, -0.15) is 0 Å². The fourth-order valence-electron chi connectivity index (χ4n) is 6.38. The molecule has 4 heteroatoms. The Labute approximate surface area is 132 Å². The van der Waals surface area contributed by atoms with Gasteiger partial charge in [-0.05, 0) is 68.6 Å². The van der Waals surface area contributed by atoms with Gasteiger partial charge in [-0.1, -0.05) is 6.92 Å². The number of amides is 2. The van der Waals surface area contributed by atoms with Crippen molar-refractivity contribution in [1.29, 1.82) is 0 Å². The zero-order valence-corrected chi connectivity index (χ0v) is 13.8. The predicted molar refractivity (Wildman–Crippen MR) is 84.0 cm³/mol. The molecule has 2 N–H and O–H groups in total. The van der Waals surface area contributed by atoms with Gasteiger partial charge in [0.25, 0.3) is 0 Å². The number of carbonyl (C=O) groups is 2. The lowest BCUT2D eigenvalue weighted by atomic mass is 9.48. The highest BCUT2D eigenvalue weighted by Gasteiger charge is 2.58. The molecule has 4 rings (SSSR count). The number of fused-ring (bicyclic) bond motifs is 5. The summed E-state index contributed by atoms with van der Waals surface area (Å²) in [6.07, 6.45) is 8.10. The van der Waals surface area contributed by atoms with Crippen LogP contribution >= 0.6 is 0 Å². The van der Waals surface area contributed by atoms with E-state index in [4.69, 9.17) is 0 Å². The van der Waals surface area contributed by atoms with E-state index in [9.17, 15) is 9.59 Å². The molecule has 6 unspecified atom stereocenters. The Hall–Kier alpha value is -1.06. The number of rotatable bonds is 0. The van der Waals surface area contributed by atoms with E-state index in [1.807, 2.05) is 0 Å². The minimum atomic E-state index is 0.0115. The summed E-state index contributed by atoms with van der Waals surface area (Å²) in [4.78, 5) is 23.6. The van der Waals surface area contributed by atoms with Crippen molar-refractivity contribution in [3.8, 4) is 0 Å². The summed E-state index contributed by atoms with van der Waals surface area (Å²) in [5.41, 5.74) is 0.275. The van der Waals surface area contributed by atoms with Gasteiger partial charge in [0.15, 0.2) is 0 Å². The van der Waals surface area contributed by atoms with E-state index < -0.39 is 0 Å². The second-order valence-corrected chi connectivity index (χ2v) is 8.62. The monoisotopic (exact) mass is 304 g/mol. The Balaban J connectivity index is 1.62. The quantitative estimate of drug-likeness (QED) is 0.722. The molecule has 4 fully saturated rings. The van der Waals surface area contributed by atoms with Gasteiger partial charge in [0, 0.05) is 24.4 Å². The molecule has 2 amide bonds. The van der Waals surface area contributed by atoms with Crippen LogP contribution in [0.4, 0.5) is 0 Å². The van der Waals surface area contributed by atoms with Crippen molar-refractivity contribution in [2.45, 2.75) is 76.8 Å². The molecular weight excluding hydrogens is 276 g/mol. The van der Waals surface area contributed by atoms with Crippen LogP contribution in [0.25, 0.3) is 0 Å². The molecule has 4 aliphatic rings. The van der Waals surface area contributed by atoms with E-state index in [2.05, 4.69) is 24.5 Å². The van der Waals surface area contributed by atoms with Crippen LogP contribution in [0.1, 0.15) is 65.2 Å². The summed E-state index contributed by atoms with van der Waals surface area (Å²) in [7, 11) is 0. The van der Waals surface area contributed by atoms with Gasteiger partial charge in [-0.25, -0.2) is 0 Å². The minimum absolute atomic E-state index is 0.0115. The van der Waals surface area contributed by atoms with Gasteiger partial charge in [0.1, 0.15) is 0 Å². The van der Waals surface area contributed by atoms with Crippen molar-refractivity contribution < 1.29 is 9.59 Å². The fraction of sp³-hybridized carbons (Fsp3) is 0.889. The van der Waals surface area contributed by atoms with Gasteiger partial charge < -0.3 is 10.6 Å². The molecule has 2 saturated carbocycles. The van der Waals surface area contributed by atoms with Crippen molar-refractivity contribution in [2.24, 2.45) is 23.2 Å². The Morgan fingerprint density at radius 2 is 1.73 bits per heavy atom. The van der Waals surface area contributed by atoms with E-state index in [0.29, 0.717) is 30.7 Å². The van der Waals surface area contributed by atoms with Crippen LogP contribution in [0.15, 0.2) is 0 Å². The third-order valence-electron chi connectivity index (χ3n) is 7.59. The van der Waals surface area contributed by atoms with Gasteiger partial charge in [0.05, 0.1) is 0 Å². The number of hydrogen-bond acceptors (Lipinski definition) is 2. The molecule has 0 aromatic rings. The Morgan fingerprint density at radius 1 is 0.909 bits per heavy atom. The number of nitrogens with one attached hydrogen (secondary N) is 2. The Morgan fingerprint density at radius 3 is 2.55 bits per heavy atom. The smallest absolute Gasteiger partial charge is 0.220 e. The molecule has 2 aliphatic heterocycles. The average molecular weight is 304 g/mol. The third kappa shape index (κ3) is 1.95. The number of hydrogen-bond donors (Lipinski definition) is 2. The molecule has 0 bridgehead atoms. The van der Waals surface area contributed by atoms with Crippen LogP contribution in [-0.4, -0.2) is 23.4 Å². The molecule has 0 radical (unpaired) electrons. The Kier molecular flexibility index (Phi) is 3.11. The van der Waals surface area contributed by atoms with Crippen molar-refractivity contribution in [3.63, 3.8) is 0 Å². The molecule has 2 aliphatic carbocycles. The van der Waals surface area contributed by atoms with Gasteiger partial charge in [0.2, 0.25) is 11.8 Å². The first-order valence-corrected chi connectivity index (χ1v) is 9.03. The molecule has 2 saturated heterocycles. The van der Waals surface area contributed by atoms with Gasteiger partial charge in [-0.3, -0.25) is 9.59 Å². The van der Waals surface area contributed by atoms with E-state index in [1.54, 1.807) is 0 Å². The first kappa shape index (κ1) is 14.5. The summed E-state index contributed by atoms with van der Waals surface area (Å²) in [6.45, 7) is 4.68. The normalized spacial score (nSPS) is 51.0. The van der Waals surface area contributed by atoms with Crippen molar-refractivity contribution in [1.82, 2.24) is 10.6 Å². The van der Waals surface area contributed by atoms with Crippen LogP contribution in [0.5, 0.6) is 0 Å². The van der Waals surface area contributed by atoms with Crippen molar-refractivity contribution in [2.75, 3.05) is 0 Å². The Bertz CT molecular complexity index is 519. The largest absolute Gasteiger partial charge is 0.353 e. The molecule has 0 spiro atoms. The third-order valence-corrected chi connectivity index (χ3v) is 7.59. The van der Waals surface area contributed by atoms with Crippen LogP contribution in [0.2, 0.25) is 0 Å². The van der Waals surface area contributed by atoms with Gasteiger partial charge in [-0.15, -0.1) is 0 Å². The first-order valence-electron chi connectivity index (χ1n) is 9.03. The average Bonchev–Trinajstić information content (AvgIpc) is 2.46. The SMILES string of the molecule is CC12CCC3C(CCC4NC(=O)CCC43C)C1CCC(=O)N2. The maximum Gasteiger partial charge on any atom is 0.220 e. The highest BCUT2D eigenvalue weighted by molar-refractivity contribution is 5.78.